The molecule has 0 unspecified atom stereocenters. The monoisotopic (exact) mass is 867 g/mol. The molecule has 5 rings (SSSR count). The quantitative estimate of drug-likeness (QED) is 0.167. The minimum Gasteiger partial charge on any atom is -0.459 e. The number of nitrogens with one attached hydrogen (secondary N) is 2. The second-order valence-corrected chi connectivity index (χ2v) is 18.8. The van der Waals surface area contributed by atoms with Crippen molar-refractivity contribution >= 4 is 12.1 Å². The molecule has 0 radical (unpaired) electrons. The maximum atomic E-state index is 14.4. The second kappa shape index (κ2) is 20.1. The third-order valence-electron chi connectivity index (χ3n) is 13.8. The highest BCUT2D eigenvalue weighted by Gasteiger charge is 2.67. The van der Waals surface area contributed by atoms with E-state index in [1.54, 1.807) is 41.9 Å². The smallest absolute Gasteiger partial charge is 0.459 e. The summed E-state index contributed by atoms with van der Waals surface area (Å²) in [7, 11) is 3.38. The Morgan fingerprint density at radius 1 is 0.984 bits per heavy atom. The molecule has 61 heavy (non-hydrogen) atoms. The van der Waals surface area contributed by atoms with E-state index in [0.29, 0.717) is 19.6 Å². The Morgan fingerprint density at radius 2 is 1.66 bits per heavy atom. The molecule has 16 heteroatoms. The number of esters is 1. The van der Waals surface area contributed by atoms with Crippen molar-refractivity contribution in [2.75, 3.05) is 27.3 Å². The van der Waals surface area contributed by atoms with E-state index in [4.69, 9.17) is 42.6 Å². The topological polar surface area (TPSA) is 205 Å². The van der Waals surface area contributed by atoms with Crippen LogP contribution in [0.3, 0.4) is 0 Å². The van der Waals surface area contributed by atoms with Gasteiger partial charge >= 0.3 is 12.1 Å². The third kappa shape index (κ3) is 11.1. The highest BCUT2D eigenvalue weighted by molar-refractivity contribution is 5.73. The Bertz CT molecular complexity index is 1580. The first-order valence-corrected chi connectivity index (χ1v) is 22.0. The fourth-order valence-electron chi connectivity index (χ4n) is 9.81. The van der Waals surface area contributed by atoms with Crippen molar-refractivity contribution in [2.45, 2.75) is 191 Å². The molecule has 4 fully saturated rings. The molecule has 348 valence electrons. The molecule has 1 spiro atoms. The predicted octanol–water partition coefficient (Wildman–Crippen LogP) is 3.99. The molecule has 0 aliphatic carbocycles. The number of cyclic esters (lactones) is 1. The number of epoxide rings is 1. The lowest BCUT2D eigenvalue weighted by molar-refractivity contribution is -0.313. The summed E-state index contributed by atoms with van der Waals surface area (Å²) < 4.78 is 56.3. The molecule has 18 atom stereocenters. The van der Waals surface area contributed by atoms with E-state index < -0.39 is 108 Å². The maximum absolute atomic E-state index is 14.4. The minimum atomic E-state index is -1.82. The molecule has 1 aromatic rings. The van der Waals surface area contributed by atoms with Gasteiger partial charge in [0.05, 0.1) is 48.6 Å². The lowest BCUT2D eigenvalue weighted by Crippen LogP contribution is -2.62. The van der Waals surface area contributed by atoms with Crippen molar-refractivity contribution in [3.63, 3.8) is 0 Å². The number of carbonyl (C=O) groups excluding carboxylic acids is 2. The molecular weight excluding hydrogens is 792 g/mol. The third-order valence-corrected chi connectivity index (χ3v) is 13.8. The van der Waals surface area contributed by atoms with Crippen LogP contribution in [0.1, 0.15) is 100 Å². The van der Waals surface area contributed by atoms with Gasteiger partial charge in [-0.2, -0.15) is 0 Å². The number of hydrogen-bond acceptors (Lipinski definition) is 16. The van der Waals surface area contributed by atoms with Gasteiger partial charge in [-0.25, -0.2) is 4.79 Å². The average molecular weight is 867 g/mol. The molecule has 1 aromatic carbocycles. The molecular formula is C45H74N2O14. The summed E-state index contributed by atoms with van der Waals surface area (Å²) in [4.78, 5) is 27.7. The summed E-state index contributed by atoms with van der Waals surface area (Å²) in [5.74, 6) is -2.73. The molecule has 0 amide bonds. The number of aliphatic hydroxyl groups excluding tert-OH is 1. The van der Waals surface area contributed by atoms with Crippen LogP contribution >= 0.6 is 0 Å². The number of ether oxygens (including phenoxy) is 9. The van der Waals surface area contributed by atoms with Crippen LogP contribution in [0.5, 0.6) is 0 Å². The summed E-state index contributed by atoms with van der Waals surface area (Å²) in [6.07, 6.45) is -8.24. The van der Waals surface area contributed by atoms with Crippen molar-refractivity contribution in [1.82, 2.24) is 10.6 Å². The average Bonchev–Trinajstić information content (AvgIpc) is 4.04. The second-order valence-electron chi connectivity index (χ2n) is 18.8. The molecule has 0 aromatic heterocycles. The molecule has 0 saturated carbocycles. The number of likely N-dealkylation sites (N-methyl/N-ethyl adjacent to an activating group) is 1. The van der Waals surface area contributed by atoms with E-state index in [1.807, 2.05) is 65.0 Å². The van der Waals surface area contributed by atoms with Gasteiger partial charge in [-0.05, 0) is 92.8 Å². The molecule has 16 nitrogen and oxygen atoms in total. The van der Waals surface area contributed by atoms with Gasteiger partial charge in [0.1, 0.15) is 35.6 Å². The minimum absolute atomic E-state index is 0.00607. The summed E-state index contributed by atoms with van der Waals surface area (Å²) in [5.41, 5.74) is -4.12. The summed E-state index contributed by atoms with van der Waals surface area (Å²) in [6.45, 7) is 18.6. The van der Waals surface area contributed by atoms with Crippen molar-refractivity contribution in [1.29, 1.82) is 0 Å². The van der Waals surface area contributed by atoms with Crippen LogP contribution in [0.4, 0.5) is 4.79 Å². The fourth-order valence-corrected chi connectivity index (χ4v) is 9.81. The van der Waals surface area contributed by atoms with Crippen LogP contribution < -0.4 is 10.6 Å². The van der Waals surface area contributed by atoms with Gasteiger partial charge in [-0.1, -0.05) is 51.1 Å². The van der Waals surface area contributed by atoms with Gasteiger partial charge < -0.3 is 68.6 Å². The van der Waals surface area contributed by atoms with Gasteiger partial charge in [0, 0.05) is 25.5 Å². The Balaban J connectivity index is 1.54. The number of carbonyl (C=O) groups is 2. The number of hydrogen-bond donors (Lipinski definition) is 5. The summed E-state index contributed by atoms with van der Waals surface area (Å²) in [5, 5.41) is 42.5. The Labute approximate surface area is 361 Å². The lowest BCUT2D eigenvalue weighted by atomic mass is 9.77. The molecule has 4 saturated heterocycles. The summed E-state index contributed by atoms with van der Waals surface area (Å²) >= 11 is 0. The highest BCUT2D eigenvalue weighted by atomic mass is 16.8. The summed E-state index contributed by atoms with van der Waals surface area (Å²) in [6, 6.07) is 8.21. The van der Waals surface area contributed by atoms with Gasteiger partial charge in [0.25, 0.3) is 0 Å². The highest BCUT2D eigenvalue weighted by Crippen LogP contribution is 2.51. The van der Waals surface area contributed by atoms with Crippen LogP contribution in [0.25, 0.3) is 0 Å². The van der Waals surface area contributed by atoms with Crippen molar-refractivity contribution < 1.29 is 67.5 Å². The zero-order valence-corrected chi connectivity index (χ0v) is 38.3. The van der Waals surface area contributed by atoms with Crippen LogP contribution in [0.15, 0.2) is 30.3 Å². The normalized spacial score (nSPS) is 45.3. The predicted molar refractivity (Wildman–Crippen MR) is 223 cm³/mol. The first-order chi connectivity index (χ1) is 28.6. The van der Waals surface area contributed by atoms with E-state index in [2.05, 4.69) is 10.6 Å². The largest absolute Gasteiger partial charge is 0.509 e. The first-order valence-electron chi connectivity index (χ1n) is 22.0. The molecule has 4 aliphatic rings. The number of methoxy groups -OCH3 is 1. The van der Waals surface area contributed by atoms with E-state index in [0.717, 1.165) is 5.56 Å². The Hall–Kier alpha value is -2.48. The molecule has 4 heterocycles. The molecule has 5 N–H and O–H groups in total. The lowest BCUT2D eigenvalue weighted by Gasteiger charge is -2.49. The van der Waals surface area contributed by atoms with Crippen molar-refractivity contribution in [3.8, 4) is 0 Å². The van der Waals surface area contributed by atoms with Crippen LogP contribution in [-0.4, -0.2) is 145 Å². The van der Waals surface area contributed by atoms with Crippen LogP contribution in [0, 0.1) is 17.8 Å². The fraction of sp³-hybridized carbons (Fsp3) is 0.822. The van der Waals surface area contributed by atoms with Crippen molar-refractivity contribution in [3.05, 3.63) is 35.9 Å². The standard InChI is InChI=1S/C45H74N2O14/c1-13-33-44(10,52)37(48)29(6)47-22-25(2)20-42(8,51)38(61-40-36(32(46-11)19-26(3)56-40)60-41(50)54-23-31-17-15-14-16-18-31)27(4)35(28(5)39(49)58-33)59-34-21-43(9,53-12)45(24-55-45)30(7)57-34/h14-18,25-30,32-38,40,46-48,51-52H,13,19-24H2,1-12H3/t25-,26-,27+,28-,29-,30+,32+,33-,34+,35+,36-,37-,38-,40+,42-,43-,44-,45+/m1/s1. The first kappa shape index (κ1) is 49.5. The molecule has 4 aliphatic heterocycles. The van der Waals surface area contributed by atoms with E-state index in [9.17, 15) is 24.9 Å². The van der Waals surface area contributed by atoms with E-state index in [1.165, 1.54) is 6.92 Å². The van der Waals surface area contributed by atoms with Gasteiger partial charge in [0.2, 0.25) is 0 Å². The Morgan fingerprint density at radius 3 is 2.26 bits per heavy atom. The number of benzene rings is 1. The Kier molecular flexibility index (Phi) is 16.4. The maximum Gasteiger partial charge on any atom is 0.509 e. The van der Waals surface area contributed by atoms with Crippen LogP contribution in [0.2, 0.25) is 0 Å². The van der Waals surface area contributed by atoms with E-state index >= 15 is 0 Å². The zero-order valence-electron chi connectivity index (χ0n) is 38.3. The number of rotatable bonds is 10. The number of aliphatic hydroxyl groups is 3. The van der Waals surface area contributed by atoms with Crippen molar-refractivity contribution in [2.24, 2.45) is 17.8 Å². The molecule has 0 bridgehead atoms. The van der Waals surface area contributed by atoms with Gasteiger partial charge in [0.15, 0.2) is 18.7 Å². The SMILES string of the molecule is CC[C@H]1OC(=O)[C@H](C)[C@@H](O[C@H]2C[C@@](C)(OC)[C@]3(CO3)[C@H](C)O2)[C@H](C)[C@@H](O[C@@H]2O[C@H](C)C[C@H](NC)[C@H]2OC(=O)OCc2ccccc2)[C@](C)(O)C[C@@H](C)CN[C@H](C)[C@@H](O)[C@]1(C)O. The van der Waals surface area contributed by atoms with Crippen LogP contribution in [-0.2, 0) is 54.0 Å². The van der Waals surface area contributed by atoms with Gasteiger partial charge in [-0.15, -0.1) is 0 Å². The van der Waals surface area contributed by atoms with Gasteiger partial charge in [-0.3, -0.25) is 4.79 Å². The van der Waals surface area contributed by atoms with E-state index in [-0.39, 0.29) is 37.9 Å². The zero-order chi connectivity index (χ0) is 45.1.